The predicted molar refractivity (Wildman–Crippen MR) is 103 cm³/mol. The summed E-state index contributed by atoms with van der Waals surface area (Å²) in [5.41, 5.74) is -0.558. The summed E-state index contributed by atoms with van der Waals surface area (Å²) in [6.07, 6.45) is -1.35. The zero-order chi connectivity index (χ0) is 21.8. The van der Waals surface area contributed by atoms with Crippen molar-refractivity contribution in [2.24, 2.45) is 0 Å². The number of rotatable bonds is 5. The molecule has 7 nitrogen and oxygen atoms in total. The second-order valence-corrected chi connectivity index (χ2v) is 6.26. The van der Waals surface area contributed by atoms with Gasteiger partial charge < -0.3 is 9.15 Å². The van der Waals surface area contributed by atoms with Crippen molar-refractivity contribution in [2.45, 2.75) is 6.18 Å². The zero-order valence-corrected chi connectivity index (χ0v) is 15.6. The van der Waals surface area contributed by atoms with Gasteiger partial charge in [-0.05, 0) is 54.6 Å². The molecule has 0 saturated carbocycles. The average molecular weight is 426 g/mol. The number of pyridine rings is 1. The summed E-state index contributed by atoms with van der Waals surface area (Å²) >= 11 is 0. The molecule has 0 aliphatic rings. The summed E-state index contributed by atoms with van der Waals surface area (Å²) in [5.74, 6) is 0.454. The Morgan fingerprint density at radius 1 is 0.968 bits per heavy atom. The minimum Gasteiger partial charge on any atom is -0.456 e. The van der Waals surface area contributed by atoms with Gasteiger partial charge in [0.2, 0.25) is 5.89 Å². The van der Waals surface area contributed by atoms with Gasteiger partial charge >= 0.3 is 12.2 Å². The van der Waals surface area contributed by atoms with Crippen molar-refractivity contribution in [1.82, 2.24) is 15.2 Å². The third kappa shape index (κ3) is 4.86. The van der Waals surface area contributed by atoms with E-state index >= 15 is 0 Å². The molecule has 0 aliphatic heterocycles. The number of alkyl halides is 3. The molecule has 2 aromatic carbocycles. The molecule has 10 heteroatoms. The van der Waals surface area contributed by atoms with Crippen LogP contribution in [0.1, 0.15) is 15.9 Å². The van der Waals surface area contributed by atoms with E-state index in [2.05, 4.69) is 20.5 Å². The van der Waals surface area contributed by atoms with Gasteiger partial charge in [-0.15, -0.1) is 5.10 Å². The van der Waals surface area contributed by atoms with E-state index in [9.17, 15) is 18.0 Å². The molecule has 1 amide bonds. The number of hydrogen-bond donors (Lipinski definition) is 1. The Morgan fingerprint density at radius 3 is 2.48 bits per heavy atom. The molecule has 0 unspecified atom stereocenters. The minimum atomic E-state index is -4.55. The van der Waals surface area contributed by atoms with E-state index in [1.807, 2.05) is 0 Å². The fourth-order valence-corrected chi connectivity index (χ4v) is 2.61. The molecule has 2 aromatic heterocycles. The molecule has 0 aliphatic carbocycles. The molecule has 0 atom stereocenters. The Labute approximate surface area is 173 Å². The first-order chi connectivity index (χ1) is 14.9. The third-order valence-corrected chi connectivity index (χ3v) is 4.07. The number of carbonyl (C=O) groups is 1. The number of hydrogen-bond acceptors (Lipinski definition) is 6. The zero-order valence-electron chi connectivity index (χ0n) is 15.6. The lowest BCUT2D eigenvalue weighted by molar-refractivity contribution is -0.137. The molecule has 0 spiro atoms. The lowest BCUT2D eigenvalue weighted by Gasteiger charge is -2.07. The standard InChI is InChI=1S/C21H13F3N4O3/c22-21(23,24)15-4-1-3-14(11-15)18(29)26-20-28-27-19(31-20)13-6-8-16(9-7-13)30-17-5-2-10-25-12-17/h1-12H,(H,26,28,29). The highest BCUT2D eigenvalue weighted by Gasteiger charge is 2.31. The van der Waals surface area contributed by atoms with Crippen LogP contribution in [0.3, 0.4) is 0 Å². The Balaban J connectivity index is 1.44. The minimum absolute atomic E-state index is 0.118. The lowest BCUT2D eigenvalue weighted by atomic mass is 10.1. The number of benzene rings is 2. The summed E-state index contributed by atoms with van der Waals surface area (Å²) in [4.78, 5) is 16.2. The third-order valence-electron chi connectivity index (χ3n) is 4.07. The Hall–Kier alpha value is -4.21. The van der Waals surface area contributed by atoms with Crippen molar-refractivity contribution in [1.29, 1.82) is 0 Å². The average Bonchev–Trinajstić information content (AvgIpc) is 3.23. The Kier molecular flexibility index (Phi) is 5.35. The van der Waals surface area contributed by atoms with Crippen LogP contribution in [0.25, 0.3) is 11.5 Å². The van der Waals surface area contributed by atoms with Crippen molar-refractivity contribution in [2.75, 3.05) is 5.32 Å². The van der Waals surface area contributed by atoms with Gasteiger partial charge in [0.15, 0.2) is 0 Å². The second kappa shape index (κ2) is 8.27. The van der Waals surface area contributed by atoms with Crippen LogP contribution >= 0.6 is 0 Å². The van der Waals surface area contributed by atoms with Crippen LogP contribution in [0.15, 0.2) is 77.5 Å². The number of nitrogens with zero attached hydrogens (tertiary/aromatic N) is 3. The highest BCUT2D eigenvalue weighted by Crippen LogP contribution is 2.30. The number of amides is 1. The van der Waals surface area contributed by atoms with E-state index in [4.69, 9.17) is 9.15 Å². The summed E-state index contributed by atoms with van der Waals surface area (Å²) in [6, 6.07) is 14.0. The quantitative estimate of drug-likeness (QED) is 0.472. The lowest BCUT2D eigenvalue weighted by Crippen LogP contribution is -2.14. The van der Waals surface area contributed by atoms with Crippen molar-refractivity contribution in [3.8, 4) is 23.0 Å². The van der Waals surface area contributed by atoms with E-state index in [1.54, 1.807) is 48.8 Å². The summed E-state index contributed by atoms with van der Waals surface area (Å²) in [6.45, 7) is 0. The fourth-order valence-electron chi connectivity index (χ4n) is 2.61. The van der Waals surface area contributed by atoms with E-state index in [0.29, 0.717) is 17.1 Å². The molecule has 0 radical (unpaired) electrons. The van der Waals surface area contributed by atoms with Crippen LogP contribution in [-0.4, -0.2) is 21.1 Å². The van der Waals surface area contributed by atoms with Gasteiger partial charge in [0.1, 0.15) is 11.5 Å². The number of aromatic nitrogens is 3. The highest BCUT2D eigenvalue weighted by atomic mass is 19.4. The van der Waals surface area contributed by atoms with Gasteiger partial charge in [0, 0.05) is 17.3 Å². The number of carbonyl (C=O) groups excluding carboxylic acids is 1. The molecule has 2 heterocycles. The first-order valence-corrected chi connectivity index (χ1v) is 8.89. The summed E-state index contributed by atoms with van der Waals surface area (Å²) < 4.78 is 49.5. The monoisotopic (exact) mass is 426 g/mol. The first-order valence-electron chi connectivity index (χ1n) is 8.89. The van der Waals surface area contributed by atoms with Crippen LogP contribution in [0.2, 0.25) is 0 Å². The predicted octanol–water partition coefficient (Wildman–Crippen LogP) is 5.20. The van der Waals surface area contributed by atoms with E-state index in [0.717, 1.165) is 18.2 Å². The number of halogens is 3. The smallest absolute Gasteiger partial charge is 0.416 e. The van der Waals surface area contributed by atoms with E-state index in [-0.39, 0.29) is 17.5 Å². The number of ether oxygens (including phenoxy) is 1. The molecule has 31 heavy (non-hydrogen) atoms. The van der Waals surface area contributed by atoms with Crippen LogP contribution in [0.5, 0.6) is 11.5 Å². The van der Waals surface area contributed by atoms with Gasteiger partial charge in [-0.3, -0.25) is 15.1 Å². The molecule has 0 saturated heterocycles. The van der Waals surface area contributed by atoms with E-state index < -0.39 is 17.6 Å². The maximum absolute atomic E-state index is 12.8. The maximum Gasteiger partial charge on any atom is 0.416 e. The second-order valence-electron chi connectivity index (χ2n) is 6.26. The van der Waals surface area contributed by atoms with Crippen LogP contribution in [0, 0.1) is 0 Å². The van der Waals surface area contributed by atoms with Crippen LogP contribution in [-0.2, 0) is 6.18 Å². The molecule has 0 fully saturated rings. The van der Waals surface area contributed by atoms with Gasteiger partial charge in [-0.25, -0.2) is 0 Å². The molecular formula is C21H13F3N4O3. The normalized spacial score (nSPS) is 11.2. The van der Waals surface area contributed by atoms with E-state index in [1.165, 1.54) is 6.07 Å². The fraction of sp³-hybridized carbons (Fsp3) is 0.0476. The van der Waals surface area contributed by atoms with Crippen molar-refractivity contribution < 1.29 is 27.1 Å². The highest BCUT2D eigenvalue weighted by molar-refractivity contribution is 6.03. The molecule has 0 bridgehead atoms. The van der Waals surface area contributed by atoms with Crippen molar-refractivity contribution >= 4 is 11.9 Å². The molecule has 4 aromatic rings. The maximum atomic E-state index is 12.8. The first kappa shape index (κ1) is 20.1. The molecule has 4 rings (SSSR count). The number of nitrogens with one attached hydrogen (secondary N) is 1. The van der Waals surface area contributed by atoms with Crippen molar-refractivity contribution in [3.63, 3.8) is 0 Å². The van der Waals surface area contributed by atoms with Gasteiger partial charge in [0.05, 0.1) is 11.8 Å². The Morgan fingerprint density at radius 2 is 1.77 bits per heavy atom. The van der Waals surface area contributed by atoms with Gasteiger partial charge in [-0.1, -0.05) is 11.2 Å². The Bertz CT molecular complexity index is 1190. The molecule has 156 valence electrons. The topological polar surface area (TPSA) is 90.1 Å². The van der Waals surface area contributed by atoms with Gasteiger partial charge in [-0.2, -0.15) is 13.2 Å². The summed E-state index contributed by atoms with van der Waals surface area (Å²) in [5, 5.41) is 9.84. The molecule has 1 N–H and O–H groups in total. The molecular weight excluding hydrogens is 413 g/mol. The van der Waals surface area contributed by atoms with Crippen molar-refractivity contribution in [3.05, 3.63) is 84.2 Å². The largest absolute Gasteiger partial charge is 0.456 e. The summed E-state index contributed by atoms with van der Waals surface area (Å²) in [7, 11) is 0. The number of anilines is 1. The van der Waals surface area contributed by atoms with Crippen LogP contribution < -0.4 is 10.1 Å². The SMILES string of the molecule is O=C(Nc1nnc(-c2ccc(Oc3cccnc3)cc2)o1)c1cccc(C(F)(F)F)c1. The van der Waals surface area contributed by atoms with Gasteiger partial charge in [0.25, 0.3) is 5.91 Å². The van der Waals surface area contributed by atoms with Crippen LogP contribution in [0.4, 0.5) is 19.2 Å².